The first-order valence-corrected chi connectivity index (χ1v) is 13.2. The number of piperazine rings is 1. The molecule has 0 N–H and O–H groups in total. The summed E-state index contributed by atoms with van der Waals surface area (Å²) in [5, 5.41) is 0. The molecule has 1 amide bonds. The molecule has 0 unspecified atom stereocenters. The number of nitrogens with zero attached hydrogens (tertiary/aromatic N) is 4. The fourth-order valence-corrected chi connectivity index (χ4v) is 5.41. The number of benzene rings is 2. The lowest BCUT2D eigenvalue weighted by molar-refractivity contribution is 0.0214. The van der Waals surface area contributed by atoms with Gasteiger partial charge in [-0.05, 0) is 63.1 Å². The number of halogens is 2. The van der Waals surface area contributed by atoms with E-state index in [0.29, 0.717) is 37.0 Å². The van der Waals surface area contributed by atoms with Gasteiger partial charge in [-0.25, -0.2) is 23.5 Å². The normalized spacial score (nSPS) is 18.0. The molecule has 2 aliphatic heterocycles. The second-order valence-electron chi connectivity index (χ2n) is 11.1. The van der Waals surface area contributed by atoms with Gasteiger partial charge in [-0.2, -0.15) is 0 Å². The van der Waals surface area contributed by atoms with Crippen LogP contribution in [0.2, 0.25) is 0 Å². The number of amides is 1. The van der Waals surface area contributed by atoms with E-state index >= 15 is 0 Å². The molecule has 11 heteroatoms. The van der Waals surface area contributed by atoms with Gasteiger partial charge in [0.1, 0.15) is 28.7 Å². The predicted octanol–water partition coefficient (Wildman–Crippen LogP) is 4.87. The minimum absolute atomic E-state index is 0.0187. The smallest absolute Gasteiger partial charge is 0.410 e. The number of aldehydes is 1. The first kappa shape index (κ1) is 28.1. The van der Waals surface area contributed by atoms with Gasteiger partial charge in [-0.15, -0.1) is 0 Å². The number of anilines is 1. The Kier molecular flexibility index (Phi) is 7.46. The Hall–Kier alpha value is -4.41. The molecule has 2 fully saturated rings. The number of likely N-dealkylation sites (tertiary alicyclic amines) is 1. The Morgan fingerprint density at radius 1 is 1.10 bits per heavy atom. The second-order valence-corrected chi connectivity index (χ2v) is 11.1. The zero-order valence-electron chi connectivity index (χ0n) is 23.2. The SMILES string of the molecule is COc1cccc(F)c1-c1nccc(C(=O)Cc2cc(F)c(C=O)cc2N2C[C@@H]3C[C@H]2CN3C(=O)OC(C)(C)C)n1. The van der Waals surface area contributed by atoms with Gasteiger partial charge >= 0.3 is 6.09 Å². The van der Waals surface area contributed by atoms with Crippen LogP contribution in [0.15, 0.2) is 42.6 Å². The van der Waals surface area contributed by atoms with Crippen molar-refractivity contribution in [1.82, 2.24) is 14.9 Å². The molecule has 9 nitrogen and oxygen atoms in total. The quantitative estimate of drug-likeness (QED) is 0.296. The van der Waals surface area contributed by atoms with Crippen molar-refractivity contribution in [3.63, 3.8) is 0 Å². The highest BCUT2D eigenvalue weighted by Gasteiger charge is 2.47. The monoisotopic (exact) mass is 564 g/mol. The van der Waals surface area contributed by atoms with Gasteiger partial charge in [0.05, 0.1) is 24.3 Å². The third-order valence-electron chi connectivity index (χ3n) is 7.21. The van der Waals surface area contributed by atoms with Gasteiger partial charge in [-0.1, -0.05) is 6.07 Å². The Bertz CT molecular complexity index is 1520. The molecule has 3 heterocycles. The van der Waals surface area contributed by atoms with Crippen LogP contribution < -0.4 is 9.64 Å². The molecule has 2 atom stereocenters. The van der Waals surface area contributed by atoms with Crippen LogP contribution in [0.5, 0.6) is 5.75 Å². The first-order valence-electron chi connectivity index (χ1n) is 13.2. The molecule has 1 aromatic heterocycles. The van der Waals surface area contributed by atoms with Crippen LogP contribution in [0, 0.1) is 11.6 Å². The van der Waals surface area contributed by atoms with E-state index in [2.05, 4.69) is 9.97 Å². The number of rotatable bonds is 7. The number of hydrogen-bond acceptors (Lipinski definition) is 8. The van der Waals surface area contributed by atoms with Gasteiger partial charge in [0, 0.05) is 37.4 Å². The molecule has 41 heavy (non-hydrogen) atoms. The van der Waals surface area contributed by atoms with Gasteiger partial charge in [0.25, 0.3) is 0 Å². The van der Waals surface area contributed by atoms with Gasteiger partial charge in [0.15, 0.2) is 17.9 Å². The molecule has 2 aromatic carbocycles. The maximum atomic E-state index is 14.8. The number of fused-ring (bicyclic) bond motifs is 2. The third-order valence-corrected chi connectivity index (χ3v) is 7.21. The lowest BCUT2D eigenvalue weighted by Crippen LogP contribution is -2.50. The highest BCUT2D eigenvalue weighted by Crippen LogP contribution is 2.38. The molecule has 0 spiro atoms. The number of Topliss-reactive ketones (excluding diaryl/α,β-unsaturated/α-hetero) is 1. The van der Waals surface area contributed by atoms with Crippen LogP contribution in [-0.4, -0.2) is 70.9 Å². The highest BCUT2D eigenvalue weighted by molar-refractivity contribution is 5.97. The molecular formula is C30H30F2N4O5. The van der Waals surface area contributed by atoms with E-state index in [-0.39, 0.29) is 46.9 Å². The number of ether oxygens (including phenoxy) is 2. The number of ketones is 1. The van der Waals surface area contributed by atoms with Gasteiger partial charge in [0.2, 0.25) is 0 Å². The summed E-state index contributed by atoms with van der Waals surface area (Å²) < 4.78 is 40.2. The number of carbonyl (C=O) groups excluding carboxylic acids is 3. The molecule has 2 aliphatic rings. The lowest BCUT2D eigenvalue weighted by atomic mass is 10.0. The maximum absolute atomic E-state index is 14.8. The summed E-state index contributed by atoms with van der Waals surface area (Å²) in [6, 6.07) is 8.12. The zero-order chi connectivity index (χ0) is 29.5. The van der Waals surface area contributed by atoms with Crippen molar-refractivity contribution in [3.05, 3.63) is 71.1 Å². The Balaban J connectivity index is 1.42. The van der Waals surface area contributed by atoms with Crippen molar-refractivity contribution in [2.75, 3.05) is 25.1 Å². The van der Waals surface area contributed by atoms with Crippen LogP contribution in [0.25, 0.3) is 11.4 Å². The van der Waals surface area contributed by atoms with Crippen molar-refractivity contribution in [2.24, 2.45) is 0 Å². The van der Waals surface area contributed by atoms with Gasteiger partial charge in [-0.3, -0.25) is 9.59 Å². The van der Waals surface area contributed by atoms with E-state index in [1.54, 1.807) is 11.0 Å². The summed E-state index contributed by atoms with van der Waals surface area (Å²) in [6.07, 6.45) is 1.85. The summed E-state index contributed by atoms with van der Waals surface area (Å²) in [7, 11) is 1.39. The van der Waals surface area contributed by atoms with Crippen molar-refractivity contribution < 1.29 is 32.6 Å². The van der Waals surface area contributed by atoms with Crippen LogP contribution >= 0.6 is 0 Å². The minimum atomic E-state index is -0.745. The van der Waals surface area contributed by atoms with Crippen LogP contribution in [0.1, 0.15) is 53.6 Å². The van der Waals surface area contributed by atoms with E-state index in [4.69, 9.17) is 9.47 Å². The van der Waals surface area contributed by atoms with Crippen LogP contribution in [0.3, 0.4) is 0 Å². The Labute approximate surface area is 236 Å². The molecule has 214 valence electrons. The van der Waals surface area contributed by atoms with E-state index in [9.17, 15) is 23.2 Å². The summed E-state index contributed by atoms with van der Waals surface area (Å²) in [6.45, 7) is 6.27. The molecule has 0 saturated carbocycles. The molecule has 2 saturated heterocycles. The lowest BCUT2D eigenvalue weighted by Gasteiger charge is -2.37. The first-order chi connectivity index (χ1) is 19.5. The van der Waals surface area contributed by atoms with Gasteiger partial charge < -0.3 is 19.3 Å². The van der Waals surface area contributed by atoms with Crippen LogP contribution in [0.4, 0.5) is 19.3 Å². The third kappa shape index (κ3) is 5.61. The van der Waals surface area contributed by atoms with Crippen molar-refractivity contribution in [3.8, 4) is 17.1 Å². The zero-order valence-corrected chi connectivity index (χ0v) is 23.2. The molecule has 3 aromatic rings. The topological polar surface area (TPSA) is 102 Å². The summed E-state index contributed by atoms with van der Waals surface area (Å²) in [5.74, 6) is -1.60. The van der Waals surface area contributed by atoms with Crippen LogP contribution in [-0.2, 0) is 11.2 Å². The summed E-state index contributed by atoms with van der Waals surface area (Å²) in [4.78, 5) is 49.8. The van der Waals surface area contributed by atoms with Crippen molar-refractivity contribution in [1.29, 1.82) is 0 Å². The van der Waals surface area contributed by atoms with E-state index < -0.39 is 29.1 Å². The van der Waals surface area contributed by atoms with E-state index in [1.807, 2.05) is 25.7 Å². The molecule has 0 aliphatic carbocycles. The largest absolute Gasteiger partial charge is 0.496 e. The number of hydrogen-bond donors (Lipinski definition) is 0. The fraction of sp³-hybridized carbons (Fsp3) is 0.367. The van der Waals surface area contributed by atoms with Crippen molar-refractivity contribution >= 4 is 23.9 Å². The minimum Gasteiger partial charge on any atom is -0.496 e. The summed E-state index contributed by atoms with van der Waals surface area (Å²) >= 11 is 0. The number of aromatic nitrogens is 2. The standard InChI is InChI=1S/C30H30F2N4O5/c1-30(2,3)41-29(39)36-15-19-13-20(36)14-35(19)24-11-18(16-37)22(32)10-17(24)12-25(38)23-8-9-33-28(34-23)27-21(31)6-5-7-26(27)40-4/h5-11,16,19-20H,12-15H2,1-4H3/t19-,20-/m0/s1. The maximum Gasteiger partial charge on any atom is 0.410 e. The van der Waals surface area contributed by atoms with E-state index in [0.717, 1.165) is 0 Å². The van der Waals surface area contributed by atoms with Crippen molar-refractivity contribution in [2.45, 2.75) is 51.3 Å². The molecular weight excluding hydrogens is 534 g/mol. The Morgan fingerprint density at radius 3 is 2.54 bits per heavy atom. The molecule has 5 rings (SSSR count). The predicted molar refractivity (Wildman–Crippen MR) is 146 cm³/mol. The van der Waals surface area contributed by atoms with E-state index in [1.165, 1.54) is 43.6 Å². The number of methoxy groups -OCH3 is 1. The summed E-state index contributed by atoms with van der Waals surface area (Å²) in [5.41, 5.74) is 0.208. The second kappa shape index (κ2) is 10.9. The average molecular weight is 565 g/mol. The highest BCUT2D eigenvalue weighted by atomic mass is 19.1. The molecule has 0 radical (unpaired) electrons. The average Bonchev–Trinajstić information content (AvgIpc) is 3.54. The number of carbonyl (C=O) groups is 3. The molecule has 2 bridgehead atoms. The fourth-order valence-electron chi connectivity index (χ4n) is 5.41. The Morgan fingerprint density at radius 2 is 1.88 bits per heavy atom.